The van der Waals surface area contributed by atoms with E-state index in [2.05, 4.69) is 4.72 Å². The van der Waals surface area contributed by atoms with Crippen molar-refractivity contribution >= 4 is 27.3 Å². The number of nitrogens with two attached hydrogens (primary N) is 1. The average molecular weight is 332 g/mol. The Labute approximate surface area is 127 Å². The van der Waals surface area contributed by atoms with Gasteiger partial charge in [0.2, 0.25) is 0 Å². The van der Waals surface area contributed by atoms with Gasteiger partial charge in [-0.25, -0.2) is 12.8 Å². The lowest BCUT2D eigenvalue weighted by atomic mass is 10.3. The van der Waals surface area contributed by atoms with E-state index in [-0.39, 0.29) is 22.2 Å². The molecular formula is C13H15ClFN3O2S. The molecule has 1 heterocycles. The highest BCUT2D eigenvalue weighted by molar-refractivity contribution is 7.92. The predicted octanol–water partition coefficient (Wildman–Crippen LogP) is 2.56. The molecule has 0 saturated carbocycles. The minimum atomic E-state index is -3.93. The molecule has 1 aromatic heterocycles. The normalized spacial score (nSPS) is 11.6. The van der Waals surface area contributed by atoms with Gasteiger partial charge in [-0.05, 0) is 25.1 Å². The maximum atomic E-state index is 13.7. The Bertz CT molecular complexity index is 717. The molecule has 0 atom stereocenters. The number of benzene rings is 1. The Morgan fingerprint density at radius 1 is 1.43 bits per heavy atom. The molecule has 2 aromatic rings. The van der Waals surface area contributed by atoms with Crippen molar-refractivity contribution in [3.63, 3.8) is 0 Å². The van der Waals surface area contributed by atoms with Gasteiger partial charge in [0.05, 0.1) is 5.02 Å². The van der Waals surface area contributed by atoms with Crippen molar-refractivity contribution in [2.24, 2.45) is 5.73 Å². The maximum Gasteiger partial charge on any atom is 0.263 e. The maximum absolute atomic E-state index is 13.7. The van der Waals surface area contributed by atoms with Crippen molar-refractivity contribution in [2.75, 3.05) is 4.72 Å². The van der Waals surface area contributed by atoms with E-state index in [9.17, 15) is 12.8 Å². The van der Waals surface area contributed by atoms with Crippen molar-refractivity contribution in [3.8, 4) is 0 Å². The second-order valence-electron chi connectivity index (χ2n) is 4.36. The first-order chi connectivity index (χ1) is 9.89. The van der Waals surface area contributed by atoms with E-state index in [1.807, 2.05) is 6.92 Å². The summed E-state index contributed by atoms with van der Waals surface area (Å²) in [7, 11) is -3.93. The number of sulfonamides is 1. The van der Waals surface area contributed by atoms with Gasteiger partial charge in [0.25, 0.3) is 10.0 Å². The second-order valence-corrected chi connectivity index (χ2v) is 6.45. The van der Waals surface area contributed by atoms with Crippen molar-refractivity contribution in [2.45, 2.75) is 24.9 Å². The highest BCUT2D eigenvalue weighted by Gasteiger charge is 2.20. The van der Waals surface area contributed by atoms with Crippen LogP contribution in [-0.4, -0.2) is 13.0 Å². The lowest BCUT2D eigenvalue weighted by Gasteiger charge is -2.09. The summed E-state index contributed by atoms with van der Waals surface area (Å²) in [4.78, 5) is 0.0177. The minimum Gasteiger partial charge on any atom is -0.349 e. The molecule has 0 aliphatic rings. The summed E-state index contributed by atoms with van der Waals surface area (Å²) in [5.74, 6) is -0.736. The third kappa shape index (κ3) is 3.20. The number of rotatable bonds is 5. The predicted molar refractivity (Wildman–Crippen MR) is 80.2 cm³/mol. The van der Waals surface area contributed by atoms with Crippen LogP contribution in [-0.2, 0) is 23.1 Å². The van der Waals surface area contributed by atoms with E-state index in [4.69, 9.17) is 17.3 Å². The standard InChI is InChI=1S/C13H15ClFN3O2S/c1-2-18-8-10(6-9(18)7-16)21(19,20)17-13-11(14)4-3-5-12(13)15/h3-6,8,17H,2,7,16H2,1H3. The highest BCUT2D eigenvalue weighted by Crippen LogP contribution is 2.27. The van der Waals surface area contributed by atoms with Crippen LogP contribution in [0.5, 0.6) is 0 Å². The molecule has 114 valence electrons. The Morgan fingerprint density at radius 3 is 2.67 bits per heavy atom. The number of anilines is 1. The van der Waals surface area contributed by atoms with E-state index < -0.39 is 15.8 Å². The van der Waals surface area contributed by atoms with Crippen LogP contribution in [0.15, 0.2) is 35.4 Å². The number of hydrogen-bond donors (Lipinski definition) is 2. The zero-order valence-corrected chi connectivity index (χ0v) is 12.9. The van der Waals surface area contributed by atoms with Crippen molar-refractivity contribution < 1.29 is 12.8 Å². The first kappa shape index (κ1) is 15.8. The Balaban J connectivity index is 2.41. The van der Waals surface area contributed by atoms with Crippen LogP contribution < -0.4 is 10.5 Å². The van der Waals surface area contributed by atoms with Crippen LogP contribution in [0.2, 0.25) is 5.02 Å². The number of aryl methyl sites for hydroxylation is 1. The third-order valence-electron chi connectivity index (χ3n) is 3.02. The van der Waals surface area contributed by atoms with Crippen LogP contribution in [0.1, 0.15) is 12.6 Å². The number of para-hydroxylation sites is 1. The highest BCUT2D eigenvalue weighted by atomic mass is 35.5. The molecule has 0 saturated heterocycles. The van der Waals surface area contributed by atoms with Gasteiger partial charge in [0.1, 0.15) is 16.4 Å². The van der Waals surface area contributed by atoms with Gasteiger partial charge in [0, 0.05) is 25.0 Å². The molecule has 0 amide bonds. The van der Waals surface area contributed by atoms with Crippen molar-refractivity contribution in [3.05, 3.63) is 47.0 Å². The number of hydrogen-bond acceptors (Lipinski definition) is 3. The summed E-state index contributed by atoms with van der Waals surface area (Å²) in [5, 5.41) is -0.00690. The van der Waals surface area contributed by atoms with Crippen molar-refractivity contribution in [1.29, 1.82) is 0 Å². The molecule has 1 aromatic carbocycles. The second kappa shape index (κ2) is 6.05. The number of nitrogens with zero attached hydrogens (tertiary/aromatic N) is 1. The molecule has 0 radical (unpaired) electrons. The van der Waals surface area contributed by atoms with Gasteiger partial charge in [-0.3, -0.25) is 4.72 Å². The molecule has 5 nitrogen and oxygen atoms in total. The number of nitrogens with one attached hydrogen (secondary N) is 1. The fourth-order valence-corrected chi connectivity index (χ4v) is 3.34. The quantitative estimate of drug-likeness (QED) is 0.884. The zero-order valence-electron chi connectivity index (χ0n) is 11.3. The molecular weight excluding hydrogens is 317 g/mol. The largest absolute Gasteiger partial charge is 0.349 e. The van der Waals surface area contributed by atoms with Crippen LogP contribution in [0.4, 0.5) is 10.1 Å². The minimum absolute atomic E-state index is 0.00690. The summed E-state index contributed by atoms with van der Waals surface area (Å²) in [6, 6.07) is 5.40. The molecule has 0 bridgehead atoms. The van der Waals surface area contributed by atoms with Gasteiger partial charge < -0.3 is 10.3 Å². The Morgan fingerprint density at radius 2 is 2.14 bits per heavy atom. The van der Waals surface area contributed by atoms with Gasteiger partial charge in [0.15, 0.2) is 0 Å². The summed E-state index contributed by atoms with van der Waals surface area (Å²) < 4.78 is 42.2. The summed E-state index contributed by atoms with van der Waals surface area (Å²) in [6.07, 6.45) is 1.46. The van der Waals surface area contributed by atoms with Gasteiger partial charge in [-0.1, -0.05) is 17.7 Å². The molecule has 0 aliphatic carbocycles. The molecule has 2 rings (SSSR count). The fourth-order valence-electron chi connectivity index (χ4n) is 1.93. The topological polar surface area (TPSA) is 77.1 Å². The molecule has 0 unspecified atom stereocenters. The number of aromatic nitrogens is 1. The van der Waals surface area contributed by atoms with Crippen LogP contribution in [0, 0.1) is 5.82 Å². The molecule has 8 heteroatoms. The van der Waals surface area contributed by atoms with E-state index >= 15 is 0 Å². The SMILES string of the molecule is CCn1cc(S(=O)(=O)Nc2c(F)cccc2Cl)cc1CN. The first-order valence-electron chi connectivity index (χ1n) is 6.25. The third-order valence-corrected chi connectivity index (χ3v) is 4.65. The van der Waals surface area contributed by atoms with Crippen molar-refractivity contribution in [1.82, 2.24) is 4.57 Å². The van der Waals surface area contributed by atoms with Gasteiger partial charge >= 0.3 is 0 Å². The molecule has 3 N–H and O–H groups in total. The van der Waals surface area contributed by atoms with E-state index in [1.165, 1.54) is 24.4 Å². The summed E-state index contributed by atoms with van der Waals surface area (Å²) in [6.45, 7) is 2.67. The molecule has 0 spiro atoms. The van der Waals surface area contributed by atoms with Crippen LogP contribution >= 0.6 is 11.6 Å². The fraction of sp³-hybridized carbons (Fsp3) is 0.231. The summed E-state index contributed by atoms with van der Waals surface area (Å²) in [5.41, 5.74) is 5.98. The molecule has 21 heavy (non-hydrogen) atoms. The summed E-state index contributed by atoms with van der Waals surface area (Å²) >= 11 is 5.82. The average Bonchev–Trinajstić information content (AvgIpc) is 2.87. The lowest BCUT2D eigenvalue weighted by Crippen LogP contribution is -2.13. The van der Waals surface area contributed by atoms with E-state index in [0.717, 1.165) is 6.07 Å². The van der Waals surface area contributed by atoms with Gasteiger partial charge in [-0.2, -0.15) is 0 Å². The number of halogens is 2. The van der Waals surface area contributed by atoms with Crippen LogP contribution in [0.25, 0.3) is 0 Å². The monoisotopic (exact) mass is 331 g/mol. The molecule has 0 fully saturated rings. The smallest absolute Gasteiger partial charge is 0.263 e. The van der Waals surface area contributed by atoms with Crippen LogP contribution in [0.3, 0.4) is 0 Å². The Hall–Kier alpha value is -1.57. The first-order valence-corrected chi connectivity index (χ1v) is 8.11. The van der Waals surface area contributed by atoms with E-state index in [0.29, 0.717) is 12.2 Å². The zero-order chi connectivity index (χ0) is 15.6. The van der Waals surface area contributed by atoms with E-state index in [1.54, 1.807) is 4.57 Å². The lowest BCUT2D eigenvalue weighted by molar-refractivity contribution is 0.598. The molecule has 0 aliphatic heterocycles. The Kier molecular flexibility index (Phi) is 4.55. The van der Waals surface area contributed by atoms with Gasteiger partial charge in [-0.15, -0.1) is 0 Å².